The van der Waals surface area contributed by atoms with Crippen molar-refractivity contribution in [1.29, 1.82) is 0 Å². The summed E-state index contributed by atoms with van der Waals surface area (Å²) in [7, 11) is 0. The molecule has 1 heteroatoms. The maximum absolute atomic E-state index is 2.41. The molecular formula is C22H22Zr. The monoisotopic (exact) mass is 376 g/mol. The molecule has 1 atom stereocenters. The van der Waals surface area contributed by atoms with E-state index in [0.717, 1.165) is 0 Å². The summed E-state index contributed by atoms with van der Waals surface area (Å²) in [4.78, 5) is 0. The average Bonchev–Trinajstić information content (AvgIpc) is 2.99. The van der Waals surface area contributed by atoms with Gasteiger partial charge in [-0.05, 0) is 0 Å². The van der Waals surface area contributed by atoms with E-state index in [-0.39, 0.29) is 0 Å². The average molecular weight is 378 g/mol. The van der Waals surface area contributed by atoms with Gasteiger partial charge in [-0.2, -0.15) is 0 Å². The number of hydrogen-bond acceptors (Lipinski definition) is 0. The molecule has 2 aliphatic carbocycles. The fraction of sp³-hybridized carbons (Fsp3) is 0.273. The van der Waals surface area contributed by atoms with Gasteiger partial charge in [0.1, 0.15) is 0 Å². The van der Waals surface area contributed by atoms with Crippen LogP contribution in [0.1, 0.15) is 42.4 Å². The van der Waals surface area contributed by atoms with Crippen LogP contribution in [-0.2, 0) is 23.2 Å². The number of rotatable bonds is 2. The van der Waals surface area contributed by atoms with Crippen molar-refractivity contribution in [2.24, 2.45) is 5.92 Å². The molecular weight excluding hydrogens is 355 g/mol. The van der Waals surface area contributed by atoms with Crippen LogP contribution in [-0.4, -0.2) is 0 Å². The molecule has 0 heterocycles. The molecule has 0 amide bonds. The zero-order valence-corrected chi connectivity index (χ0v) is 16.7. The first-order valence-electron chi connectivity index (χ1n) is 8.43. The molecule has 0 radical (unpaired) electrons. The summed E-state index contributed by atoms with van der Waals surface area (Å²) < 4.78 is 2.48. The third-order valence-electron chi connectivity index (χ3n) is 5.77. The quantitative estimate of drug-likeness (QED) is 0.593. The standard InChI is InChI=1S/C13H9.C9H13.Zr/c1-3-7-12-10(5-1)9-11-6-2-4-8-13(11)12;1-6-5-7(2)9(4)8(6)3;/h1-9H;6H,1-4H3;. The van der Waals surface area contributed by atoms with Crippen molar-refractivity contribution < 1.29 is 23.2 Å². The van der Waals surface area contributed by atoms with Crippen molar-refractivity contribution >= 4 is 0 Å². The van der Waals surface area contributed by atoms with Crippen molar-refractivity contribution in [3.8, 4) is 11.1 Å². The molecule has 114 valence electrons. The summed E-state index contributed by atoms with van der Waals surface area (Å²) in [6.07, 6.45) is 0. The first-order chi connectivity index (χ1) is 11.1. The Morgan fingerprint density at radius 3 is 1.74 bits per heavy atom. The number of hydrogen-bond donors (Lipinski definition) is 0. The summed E-state index contributed by atoms with van der Waals surface area (Å²) in [5.74, 6) is 0.668. The van der Waals surface area contributed by atoms with Gasteiger partial charge in [0.15, 0.2) is 0 Å². The van der Waals surface area contributed by atoms with Gasteiger partial charge in [-0.15, -0.1) is 0 Å². The summed E-state index contributed by atoms with van der Waals surface area (Å²) in [5, 5.41) is 0. The van der Waals surface area contributed by atoms with Gasteiger partial charge < -0.3 is 0 Å². The molecule has 0 fully saturated rings. The van der Waals surface area contributed by atoms with Gasteiger partial charge in [0, 0.05) is 0 Å². The second kappa shape index (κ2) is 5.71. The van der Waals surface area contributed by atoms with Crippen molar-refractivity contribution in [3.05, 3.63) is 79.7 Å². The Morgan fingerprint density at radius 1 is 0.739 bits per heavy atom. The van der Waals surface area contributed by atoms with Gasteiger partial charge in [-0.25, -0.2) is 0 Å². The van der Waals surface area contributed by atoms with Gasteiger partial charge in [-0.1, -0.05) is 0 Å². The fourth-order valence-electron chi connectivity index (χ4n) is 4.06. The molecule has 0 saturated carbocycles. The van der Waals surface area contributed by atoms with Gasteiger partial charge >= 0.3 is 151 Å². The topological polar surface area (TPSA) is 0 Å². The summed E-state index contributed by atoms with van der Waals surface area (Å²) >= 11 is -0.715. The van der Waals surface area contributed by atoms with Crippen LogP contribution in [0.2, 0.25) is 0 Å². The molecule has 2 aromatic carbocycles. The minimum absolute atomic E-state index is 0.668. The Morgan fingerprint density at radius 2 is 1.26 bits per heavy atom. The fourth-order valence-corrected chi connectivity index (χ4v) is 8.97. The second-order valence-electron chi connectivity index (χ2n) is 6.82. The van der Waals surface area contributed by atoms with Crippen LogP contribution in [0.3, 0.4) is 0 Å². The van der Waals surface area contributed by atoms with E-state index in [1.165, 1.54) is 11.1 Å². The van der Waals surface area contributed by atoms with Crippen LogP contribution in [0.5, 0.6) is 0 Å². The zero-order valence-electron chi connectivity index (χ0n) is 14.3. The van der Waals surface area contributed by atoms with E-state index >= 15 is 0 Å². The Balaban J connectivity index is 1.79. The molecule has 0 aliphatic heterocycles. The number of allylic oxidation sites excluding steroid dienone is 4. The van der Waals surface area contributed by atoms with Crippen LogP contribution in [0, 0.1) is 5.92 Å². The Kier molecular flexibility index (Phi) is 3.81. The number of benzene rings is 2. The van der Waals surface area contributed by atoms with Crippen molar-refractivity contribution in [2.45, 2.75) is 31.3 Å². The molecule has 0 spiro atoms. The predicted molar refractivity (Wildman–Crippen MR) is 94.0 cm³/mol. The third kappa shape index (κ3) is 2.28. The molecule has 1 unspecified atom stereocenters. The van der Waals surface area contributed by atoms with Crippen LogP contribution >= 0.6 is 0 Å². The van der Waals surface area contributed by atoms with E-state index in [1.807, 2.05) is 0 Å². The molecule has 2 aliphatic rings. The van der Waals surface area contributed by atoms with E-state index in [0.29, 0.717) is 9.54 Å². The first-order valence-corrected chi connectivity index (χ1v) is 11.1. The Hall–Kier alpha value is -1.20. The second-order valence-corrected chi connectivity index (χ2v) is 10.3. The molecule has 23 heavy (non-hydrogen) atoms. The van der Waals surface area contributed by atoms with Crippen LogP contribution in [0.25, 0.3) is 11.1 Å². The molecule has 0 bridgehead atoms. The zero-order chi connectivity index (χ0) is 16.1. The third-order valence-corrected chi connectivity index (χ3v) is 10.8. The van der Waals surface area contributed by atoms with E-state index in [1.54, 1.807) is 31.1 Å². The van der Waals surface area contributed by atoms with Crippen LogP contribution in [0.15, 0.2) is 68.5 Å². The number of fused-ring (bicyclic) bond motifs is 3. The van der Waals surface area contributed by atoms with Crippen molar-refractivity contribution in [2.75, 3.05) is 0 Å². The van der Waals surface area contributed by atoms with Gasteiger partial charge in [0.2, 0.25) is 0 Å². The predicted octanol–water partition coefficient (Wildman–Crippen LogP) is 6.10. The molecule has 0 aromatic heterocycles. The Bertz CT molecular complexity index is 808. The van der Waals surface area contributed by atoms with Crippen LogP contribution in [0.4, 0.5) is 0 Å². The Labute approximate surface area is 150 Å². The van der Waals surface area contributed by atoms with E-state index < -0.39 is 23.2 Å². The van der Waals surface area contributed by atoms with E-state index in [9.17, 15) is 0 Å². The molecule has 0 saturated heterocycles. The summed E-state index contributed by atoms with van der Waals surface area (Å²) in [6.45, 7) is 9.40. The van der Waals surface area contributed by atoms with Gasteiger partial charge in [0.25, 0.3) is 0 Å². The SMILES string of the molecule is CC1=C(C)C(C)[C]([Zr][CH]2c3ccccc3-c3ccccc32)=C1C. The van der Waals surface area contributed by atoms with Gasteiger partial charge in [-0.3, -0.25) is 0 Å². The minimum atomic E-state index is -0.715. The molecule has 0 N–H and O–H groups in total. The molecule has 4 rings (SSSR count). The van der Waals surface area contributed by atoms with Crippen molar-refractivity contribution in [3.63, 3.8) is 0 Å². The normalized spacial score (nSPS) is 20.1. The van der Waals surface area contributed by atoms with Crippen molar-refractivity contribution in [1.82, 2.24) is 0 Å². The molecule has 0 nitrogen and oxygen atoms in total. The maximum atomic E-state index is 2.41. The van der Waals surface area contributed by atoms with Crippen LogP contribution < -0.4 is 0 Å². The van der Waals surface area contributed by atoms with E-state index in [4.69, 9.17) is 0 Å². The summed E-state index contributed by atoms with van der Waals surface area (Å²) in [6, 6.07) is 18.1. The van der Waals surface area contributed by atoms with Gasteiger partial charge in [0.05, 0.1) is 0 Å². The van der Waals surface area contributed by atoms with E-state index in [2.05, 4.69) is 76.2 Å². The first kappa shape index (κ1) is 15.3. The summed E-state index contributed by atoms with van der Waals surface area (Å²) in [5.41, 5.74) is 10.8. The molecule has 2 aromatic rings.